The molecule has 3 aromatic carbocycles. The van der Waals surface area contributed by atoms with Crippen molar-refractivity contribution < 1.29 is 23.5 Å². The van der Waals surface area contributed by atoms with E-state index in [1.54, 1.807) is 30.3 Å². The molecule has 0 aliphatic heterocycles. The van der Waals surface area contributed by atoms with Crippen LogP contribution in [0.1, 0.15) is 46.0 Å². The molecule has 0 aliphatic carbocycles. The third-order valence-electron chi connectivity index (χ3n) is 4.32. The Morgan fingerprint density at radius 2 is 1.31 bits per heavy atom. The van der Waals surface area contributed by atoms with Crippen molar-refractivity contribution in [2.45, 2.75) is 26.2 Å². The Bertz CT molecular complexity index is 979. The van der Waals surface area contributed by atoms with Crippen molar-refractivity contribution in [3.8, 4) is 11.5 Å². The summed E-state index contributed by atoms with van der Waals surface area (Å²) < 4.78 is 23.6. The fraction of sp³-hybridized carbons (Fsp3) is 0.167. The maximum Gasteiger partial charge on any atom is 0.343 e. The maximum atomic E-state index is 13.0. The van der Waals surface area contributed by atoms with Crippen LogP contribution < -0.4 is 9.47 Å². The molecule has 0 saturated carbocycles. The molecule has 0 radical (unpaired) electrons. The monoisotopic (exact) mass is 392 g/mol. The molecule has 0 saturated heterocycles. The molecular formula is C24H21FO4. The van der Waals surface area contributed by atoms with Crippen LogP contribution in [0.15, 0.2) is 72.8 Å². The summed E-state index contributed by atoms with van der Waals surface area (Å²) >= 11 is 0. The van der Waals surface area contributed by atoms with E-state index in [9.17, 15) is 14.0 Å². The van der Waals surface area contributed by atoms with Crippen molar-refractivity contribution in [2.24, 2.45) is 0 Å². The van der Waals surface area contributed by atoms with Gasteiger partial charge >= 0.3 is 11.9 Å². The second kappa shape index (κ2) is 9.64. The van der Waals surface area contributed by atoms with Gasteiger partial charge in [-0.15, -0.1) is 0 Å². The van der Waals surface area contributed by atoms with Crippen LogP contribution in [0.4, 0.5) is 4.39 Å². The maximum absolute atomic E-state index is 13.0. The molecule has 4 nitrogen and oxygen atoms in total. The van der Waals surface area contributed by atoms with Gasteiger partial charge < -0.3 is 9.47 Å². The Morgan fingerprint density at radius 3 is 1.83 bits per heavy atom. The van der Waals surface area contributed by atoms with Crippen molar-refractivity contribution in [3.05, 3.63) is 95.3 Å². The van der Waals surface area contributed by atoms with E-state index in [2.05, 4.69) is 6.92 Å². The Kier molecular flexibility index (Phi) is 6.74. The zero-order valence-corrected chi connectivity index (χ0v) is 16.1. The Balaban J connectivity index is 1.63. The number of esters is 2. The predicted molar refractivity (Wildman–Crippen MR) is 108 cm³/mol. The molecule has 0 atom stereocenters. The summed E-state index contributed by atoms with van der Waals surface area (Å²) in [5.41, 5.74) is 1.84. The third-order valence-corrected chi connectivity index (χ3v) is 4.32. The molecule has 0 bridgehead atoms. The molecule has 3 aromatic rings. The topological polar surface area (TPSA) is 52.6 Å². The second-order valence-electron chi connectivity index (χ2n) is 6.56. The van der Waals surface area contributed by atoms with Crippen molar-refractivity contribution in [2.75, 3.05) is 0 Å². The molecule has 0 fully saturated rings. The lowest BCUT2D eigenvalue weighted by atomic mass is 10.1. The molecule has 5 heteroatoms. The van der Waals surface area contributed by atoms with Gasteiger partial charge in [0.05, 0.1) is 11.1 Å². The molecule has 0 amide bonds. The van der Waals surface area contributed by atoms with Gasteiger partial charge in [0, 0.05) is 6.07 Å². The largest absolute Gasteiger partial charge is 0.423 e. The summed E-state index contributed by atoms with van der Waals surface area (Å²) in [5.74, 6) is -1.08. The Morgan fingerprint density at radius 1 is 0.793 bits per heavy atom. The highest BCUT2D eigenvalue weighted by molar-refractivity contribution is 5.92. The Hall–Kier alpha value is -3.47. The number of unbranched alkanes of at least 4 members (excludes halogenated alkanes) is 1. The molecule has 0 aromatic heterocycles. The first-order valence-corrected chi connectivity index (χ1v) is 9.44. The lowest BCUT2D eigenvalue weighted by Crippen LogP contribution is -2.10. The van der Waals surface area contributed by atoms with Gasteiger partial charge in [-0.2, -0.15) is 0 Å². The van der Waals surface area contributed by atoms with Crippen LogP contribution in [0, 0.1) is 5.82 Å². The third kappa shape index (κ3) is 5.75. The summed E-state index contributed by atoms with van der Waals surface area (Å²) in [6.07, 6.45) is 3.20. The average Bonchev–Trinajstić information content (AvgIpc) is 2.73. The quantitative estimate of drug-likeness (QED) is 0.388. The Labute approximate surface area is 168 Å². The predicted octanol–water partition coefficient (Wildman–Crippen LogP) is 5.61. The number of benzene rings is 3. The van der Waals surface area contributed by atoms with Crippen LogP contribution >= 0.6 is 0 Å². The molecule has 0 unspecified atom stereocenters. The average molecular weight is 392 g/mol. The van der Waals surface area contributed by atoms with E-state index < -0.39 is 17.8 Å². The van der Waals surface area contributed by atoms with Crippen molar-refractivity contribution >= 4 is 11.9 Å². The number of hydrogen-bond acceptors (Lipinski definition) is 4. The van der Waals surface area contributed by atoms with Crippen LogP contribution in [0.25, 0.3) is 0 Å². The molecular weight excluding hydrogens is 371 g/mol. The van der Waals surface area contributed by atoms with E-state index in [4.69, 9.17) is 9.47 Å². The SMILES string of the molecule is CCCCc1ccc(C(=O)Oc2cccc(OC(=O)c3ccc(F)cc3)c2)cc1. The van der Waals surface area contributed by atoms with E-state index in [0.29, 0.717) is 5.56 Å². The standard InChI is InChI=1S/C24H21FO4/c1-2-3-5-17-8-10-18(11-9-17)23(26)28-21-6-4-7-22(16-21)29-24(27)19-12-14-20(25)15-13-19/h4,6-16H,2-3,5H2,1H3. The van der Waals surface area contributed by atoms with Gasteiger partial charge in [-0.3, -0.25) is 0 Å². The highest BCUT2D eigenvalue weighted by atomic mass is 19.1. The van der Waals surface area contributed by atoms with Gasteiger partial charge in [-0.05, 0) is 66.9 Å². The van der Waals surface area contributed by atoms with Crippen molar-refractivity contribution in [1.82, 2.24) is 0 Å². The van der Waals surface area contributed by atoms with Gasteiger partial charge in [0.2, 0.25) is 0 Å². The summed E-state index contributed by atoms with van der Waals surface area (Å²) in [5, 5.41) is 0. The smallest absolute Gasteiger partial charge is 0.343 e. The number of aryl methyl sites for hydroxylation is 1. The number of halogens is 1. The second-order valence-corrected chi connectivity index (χ2v) is 6.56. The minimum absolute atomic E-state index is 0.219. The minimum Gasteiger partial charge on any atom is -0.423 e. The van der Waals surface area contributed by atoms with E-state index in [1.165, 1.54) is 35.9 Å². The van der Waals surface area contributed by atoms with Crippen LogP contribution in [0.3, 0.4) is 0 Å². The van der Waals surface area contributed by atoms with E-state index in [0.717, 1.165) is 19.3 Å². The zero-order chi connectivity index (χ0) is 20.6. The molecule has 0 aliphatic rings. The number of carbonyl (C=O) groups excluding carboxylic acids is 2. The molecule has 3 rings (SSSR count). The van der Waals surface area contributed by atoms with E-state index >= 15 is 0 Å². The lowest BCUT2D eigenvalue weighted by Gasteiger charge is -2.08. The normalized spacial score (nSPS) is 10.4. The van der Waals surface area contributed by atoms with Gasteiger partial charge in [-0.25, -0.2) is 14.0 Å². The number of rotatable bonds is 7. The van der Waals surface area contributed by atoms with Gasteiger partial charge in [0.25, 0.3) is 0 Å². The molecule has 0 spiro atoms. The molecule has 0 N–H and O–H groups in total. The summed E-state index contributed by atoms with van der Waals surface area (Å²) in [6.45, 7) is 2.14. The highest BCUT2D eigenvalue weighted by Gasteiger charge is 2.12. The number of ether oxygens (including phenoxy) is 2. The van der Waals surface area contributed by atoms with Crippen molar-refractivity contribution in [3.63, 3.8) is 0 Å². The minimum atomic E-state index is -0.629. The fourth-order valence-electron chi connectivity index (χ4n) is 2.71. The van der Waals surface area contributed by atoms with Gasteiger partial charge in [0.15, 0.2) is 0 Å². The summed E-state index contributed by atoms with van der Waals surface area (Å²) in [7, 11) is 0. The van der Waals surface area contributed by atoms with E-state index in [1.807, 2.05) is 12.1 Å². The first-order valence-electron chi connectivity index (χ1n) is 9.44. The number of hydrogen-bond donors (Lipinski definition) is 0. The molecule has 0 heterocycles. The van der Waals surface area contributed by atoms with Crippen molar-refractivity contribution in [1.29, 1.82) is 0 Å². The highest BCUT2D eigenvalue weighted by Crippen LogP contribution is 2.22. The molecule has 148 valence electrons. The van der Waals surface area contributed by atoms with E-state index in [-0.39, 0.29) is 17.1 Å². The summed E-state index contributed by atoms with van der Waals surface area (Å²) in [6, 6.07) is 18.6. The lowest BCUT2D eigenvalue weighted by molar-refractivity contribution is 0.0733. The van der Waals surface area contributed by atoms with Crippen LogP contribution in [-0.4, -0.2) is 11.9 Å². The first kappa shape index (κ1) is 20.3. The van der Waals surface area contributed by atoms with Gasteiger partial charge in [0.1, 0.15) is 17.3 Å². The first-order chi connectivity index (χ1) is 14.0. The fourth-order valence-corrected chi connectivity index (χ4v) is 2.71. The van der Waals surface area contributed by atoms with Crippen LogP contribution in [-0.2, 0) is 6.42 Å². The molecule has 29 heavy (non-hydrogen) atoms. The number of carbonyl (C=O) groups is 2. The van der Waals surface area contributed by atoms with Crippen LogP contribution in [0.2, 0.25) is 0 Å². The summed E-state index contributed by atoms with van der Waals surface area (Å²) in [4.78, 5) is 24.5. The van der Waals surface area contributed by atoms with Crippen LogP contribution in [0.5, 0.6) is 11.5 Å². The van der Waals surface area contributed by atoms with Gasteiger partial charge in [-0.1, -0.05) is 31.5 Å². The zero-order valence-electron chi connectivity index (χ0n) is 16.1.